The van der Waals surface area contributed by atoms with Crippen LogP contribution in [0.25, 0.3) is 0 Å². The maximum Gasteiger partial charge on any atom is 0.163 e. The number of thioether (sulfide) groups is 1. The molecule has 3 heteroatoms. The van der Waals surface area contributed by atoms with Crippen molar-refractivity contribution in [2.75, 3.05) is 0 Å². The molecular weight excluding hydrogens is 223 g/mol. The summed E-state index contributed by atoms with van der Waals surface area (Å²) < 4.78 is 13.5. The second kappa shape index (κ2) is 5.48. The summed E-state index contributed by atoms with van der Waals surface area (Å²) in [5, 5.41) is 0.361. The van der Waals surface area contributed by atoms with E-state index in [9.17, 15) is 9.18 Å². The van der Waals surface area contributed by atoms with Gasteiger partial charge in [-0.1, -0.05) is 26.8 Å². The molecule has 0 fully saturated rings. The summed E-state index contributed by atoms with van der Waals surface area (Å²) in [6, 6.07) is 4.79. The second-order valence-electron chi connectivity index (χ2n) is 4.24. The number of carbonyl (C=O) groups is 1. The minimum absolute atomic E-state index is 0.212. The summed E-state index contributed by atoms with van der Waals surface area (Å²) in [5.74, 6) is -0.141. The number of Topliss-reactive ketones (excluding diaryl/α,β-unsaturated/α-hetero) is 1. The molecule has 0 bridgehead atoms. The molecule has 0 aromatic heterocycles. The van der Waals surface area contributed by atoms with Gasteiger partial charge in [0.15, 0.2) is 5.78 Å². The minimum atomic E-state index is -0.423. The standard InChI is InChI=1S/C13H17FOS/c1-8(2)10(4)16-12-7-5-6-11(14)13(12)9(3)15/h5-8,10H,1-4H3. The van der Waals surface area contributed by atoms with E-state index in [1.165, 1.54) is 13.0 Å². The van der Waals surface area contributed by atoms with Gasteiger partial charge < -0.3 is 0 Å². The number of ketones is 1. The first kappa shape index (κ1) is 13.2. The summed E-state index contributed by atoms with van der Waals surface area (Å²) in [6.07, 6.45) is 0. The normalized spacial score (nSPS) is 12.9. The van der Waals surface area contributed by atoms with Crippen molar-refractivity contribution in [3.8, 4) is 0 Å². The second-order valence-corrected chi connectivity index (χ2v) is 5.66. The SMILES string of the molecule is CC(=O)c1c(F)cccc1SC(C)C(C)C. The minimum Gasteiger partial charge on any atom is -0.294 e. The average Bonchev–Trinajstić information content (AvgIpc) is 2.16. The summed E-state index contributed by atoms with van der Waals surface area (Å²) in [5.41, 5.74) is 0.222. The molecule has 1 aromatic carbocycles. The van der Waals surface area contributed by atoms with Crippen LogP contribution in [-0.4, -0.2) is 11.0 Å². The molecule has 1 aromatic rings. The summed E-state index contributed by atoms with van der Waals surface area (Å²) in [6.45, 7) is 7.72. The Balaban J connectivity index is 3.04. The first-order chi connectivity index (χ1) is 7.43. The van der Waals surface area contributed by atoms with Gasteiger partial charge in [-0.15, -0.1) is 11.8 Å². The van der Waals surface area contributed by atoms with Crippen molar-refractivity contribution in [1.29, 1.82) is 0 Å². The largest absolute Gasteiger partial charge is 0.294 e. The van der Waals surface area contributed by atoms with E-state index in [2.05, 4.69) is 20.8 Å². The molecule has 1 rings (SSSR count). The summed E-state index contributed by atoms with van der Waals surface area (Å²) in [4.78, 5) is 12.1. The predicted molar refractivity (Wildman–Crippen MR) is 66.6 cm³/mol. The number of hydrogen-bond donors (Lipinski definition) is 0. The molecule has 1 atom stereocenters. The molecule has 0 N–H and O–H groups in total. The van der Waals surface area contributed by atoms with Gasteiger partial charge in [0.05, 0.1) is 5.56 Å². The van der Waals surface area contributed by atoms with Crippen LogP contribution in [0, 0.1) is 11.7 Å². The van der Waals surface area contributed by atoms with E-state index in [0.29, 0.717) is 11.2 Å². The van der Waals surface area contributed by atoms with E-state index in [1.807, 2.05) is 6.07 Å². The van der Waals surface area contributed by atoms with Crippen molar-refractivity contribution in [3.05, 3.63) is 29.6 Å². The molecular formula is C13H17FOS. The molecule has 1 unspecified atom stereocenters. The van der Waals surface area contributed by atoms with E-state index in [0.717, 1.165) is 4.90 Å². The topological polar surface area (TPSA) is 17.1 Å². The van der Waals surface area contributed by atoms with Crippen molar-refractivity contribution >= 4 is 17.5 Å². The highest BCUT2D eigenvalue weighted by molar-refractivity contribution is 8.00. The quantitative estimate of drug-likeness (QED) is 0.580. The Bertz CT molecular complexity index is 388. The van der Waals surface area contributed by atoms with E-state index in [1.54, 1.807) is 17.8 Å². The highest BCUT2D eigenvalue weighted by Gasteiger charge is 2.16. The van der Waals surface area contributed by atoms with Gasteiger partial charge >= 0.3 is 0 Å². The van der Waals surface area contributed by atoms with Crippen molar-refractivity contribution < 1.29 is 9.18 Å². The van der Waals surface area contributed by atoms with E-state index < -0.39 is 5.82 Å². The summed E-state index contributed by atoms with van der Waals surface area (Å²) >= 11 is 1.56. The molecule has 0 saturated heterocycles. The lowest BCUT2D eigenvalue weighted by atomic mass is 10.1. The number of rotatable bonds is 4. The van der Waals surface area contributed by atoms with Crippen molar-refractivity contribution in [2.24, 2.45) is 5.92 Å². The number of benzene rings is 1. The molecule has 16 heavy (non-hydrogen) atoms. The fourth-order valence-electron chi connectivity index (χ4n) is 1.28. The van der Waals surface area contributed by atoms with Crippen LogP contribution in [0.4, 0.5) is 4.39 Å². The Morgan fingerprint density at radius 3 is 2.44 bits per heavy atom. The lowest BCUT2D eigenvalue weighted by molar-refractivity contribution is 0.101. The molecule has 0 aliphatic carbocycles. The summed E-state index contributed by atoms with van der Waals surface area (Å²) in [7, 11) is 0. The Hall–Kier alpha value is -0.830. The van der Waals surface area contributed by atoms with Gasteiger partial charge in [-0.05, 0) is 25.0 Å². The zero-order valence-corrected chi connectivity index (χ0v) is 10.9. The fraction of sp³-hybridized carbons (Fsp3) is 0.462. The van der Waals surface area contributed by atoms with Crippen LogP contribution < -0.4 is 0 Å². The number of hydrogen-bond acceptors (Lipinski definition) is 2. The van der Waals surface area contributed by atoms with Crippen LogP contribution in [0.5, 0.6) is 0 Å². The van der Waals surface area contributed by atoms with Crippen LogP contribution >= 0.6 is 11.8 Å². The Morgan fingerprint density at radius 2 is 1.94 bits per heavy atom. The van der Waals surface area contributed by atoms with Crippen molar-refractivity contribution in [1.82, 2.24) is 0 Å². The van der Waals surface area contributed by atoms with E-state index in [-0.39, 0.29) is 11.3 Å². The van der Waals surface area contributed by atoms with Gasteiger partial charge in [0.25, 0.3) is 0 Å². The first-order valence-electron chi connectivity index (χ1n) is 5.39. The van der Waals surface area contributed by atoms with Gasteiger partial charge in [0, 0.05) is 10.1 Å². The van der Waals surface area contributed by atoms with Crippen molar-refractivity contribution in [3.63, 3.8) is 0 Å². The third-order valence-electron chi connectivity index (χ3n) is 2.58. The Kier molecular flexibility index (Phi) is 4.54. The fourth-order valence-corrected chi connectivity index (χ4v) is 2.47. The molecule has 0 spiro atoms. The molecule has 0 amide bonds. The van der Waals surface area contributed by atoms with Gasteiger partial charge in [-0.2, -0.15) is 0 Å². The van der Waals surface area contributed by atoms with Crippen molar-refractivity contribution in [2.45, 2.75) is 37.8 Å². The van der Waals surface area contributed by atoms with Gasteiger partial charge in [0.1, 0.15) is 5.82 Å². The molecule has 0 aliphatic rings. The Labute approximate surface area is 100 Å². The lowest BCUT2D eigenvalue weighted by Crippen LogP contribution is -2.08. The van der Waals surface area contributed by atoms with E-state index in [4.69, 9.17) is 0 Å². The van der Waals surface area contributed by atoms with Crippen LogP contribution in [0.1, 0.15) is 38.1 Å². The first-order valence-corrected chi connectivity index (χ1v) is 6.27. The van der Waals surface area contributed by atoms with Gasteiger partial charge in [-0.3, -0.25) is 4.79 Å². The van der Waals surface area contributed by atoms with Crippen LogP contribution in [0.15, 0.2) is 23.1 Å². The third kappa shape index (κ3) is 3.08. The average molecular weight is 240 g/mol. The zero-order valence-electron chi connectivity index (χ0n) is 10.1. The molecule has 0 aliphatic heterocycles. The van der Waals surface area contributed by atoms with Gasteiger partial charge in [0.2, 0.25) is 0 Å². The van der Waals surface area contributed by atoms with Crippen LogP contribution in [0.3, 0.4) is 0 Å². The lowest BCUT2D eigenvalue weighted by Gasteiger charge is -2.16. The molecule has 0 radical (unpaired) electrons. The highest BCUT2D eigenvalue weighted by atomic mass is 32.2. The monoisotopic (exact) mass is 240 g/mol. The number of carbonyl (C=O) groups excluding carboxylic acids is 1. The molecule has 0 saturated carbocycles. The zero-order chi connectivity index (χ0) is 12.3. The maximum atomic E-state index is 13.5. The van der Waals surface area contributed by atoms with E-state index >= 15 is 0 Å². The third-order valence-corrected chi connectivity index (χ3v) is 4.09. The smallest absolute Gasteiger partial charge is 0.163 e. The molecule has 0 heterocycles. The molecule has 1 nitrogen and oxygen atoms in total. The van der Waals surface area contributed by atoms with Crippen LogP contribution in [-0.2, 0) is 0 Å². The maximum absolute atomic E-state index is 13.5. The molecule has 88 valence electrons. The Morgan fingerprint density at radius 1 is 1.31 bits per heavy atom. The van der Waals surface area contributed by atoms with Gasteiger partial charge in [-0.25, -0.2) is 4.39 Å². The highest BCUT2D eigenvalue weighted by Crippen LogP contribution is 2.31. The van der Waals surface area contributed by atoms with Crippen LogP contribution in [0.2, 0.25) is 0 Å². The number of halogens is 1. The predicted octanol–water partition coefficient (Wildman–Crippen LogP) is 4.16.